The van der Waals surface area contributed by atoms with Crippen molar-refractivity contribution in [1.82, 2.24) is 30.2 Å². The number of pyridine rings is 1. The van der Waals surface area contributed by atoms with Gasteiger partial charge in [-0.25, -0.2) is 9.97 Å². The largest absolute Gasteiger partial charge is 0.354 e. The molecule has 5 heterocycles. The minimum absolute atomic E-state index is 0.168. The van der Waals surface area contributed by atoms with E-state index in [1.54, 1.807) is 12.5 Å². The van der Waals surface area contributed by atoms with E-state index in [2.05, 4.69) is 46.9 Å². The van der Waals surface area contributed by atoms with Crippen LogP contribution in [0.5, 0.6) is 0 Å². The zero-order chi connectivity index (χ0) is 30.0. The summed E-state index contributed by atoms with van der Waals surface area (Å²) in [5.41, 5.74) is 4.27. The van der Waals surface area contributed by atoms with Crippen molar-refractivity contribution >= 4 is 45.2 Å². The van der Waals surface area contributed by atoms with Crippen LogP contribution in [0.3, 0.4) is 0 Å². The van der Waals surface area contributed by atoms with E-state index in [-0.39, 0.29) is 17.4 Å². The summed E-state index contributed by atoms with van der Waals surface area (Å²) in [6.45, 7) is 9.20. The van der Waals surface area contributed by atoms with E-state index in [1.165, 1.54) is 6.08 Å². The number of likely N-dealkylation sites (tertiary alicyclic amines) is 1. The quantitative estimate of drug-likeness (QED) is 0.263. The fraction of sp³-hybridized carbons (Fsp3) is 0.323. The Morgan fingerprint density at radius 1 is 1.09 bits per heavy atom. The number of benzene rings is 1. The maximum atomic E-state index is 13.1. The third-order valence-electron chi connectivity index (χ3n) is 7.96. The number of anilines is 2. The van der Waals surface area contributed by atoms with Gasteiger partial charge in [0.1, 0.15) is 23.5 Å². The second-order valence-electron chi connectivity index (χ2n) is 11.3. The molecule has 2 amide bonds. The van der Waals surface area contributed by atoms with Crippen LogP contribution in [-0.4, -0.2) is 84.1 Å². The Morgan fingerprint density at radius 2 is 1.88 bits per heavy atom. The zero-order valence-electron chi connectivity index (χ0n) is 24.0. The van der Waals surface area contributed by atoms with Gasteiger partial charge in [-0.1, -0.05) is 18.7 Å². The first-order valence-corrected chi connectivity index (χ1v) is 15.7. The summed E-state index contributed by atoms with van der Waals surface area (Å²) in [6.07, 6.45) is 5.34. The molecule has 0 spiro atoms. The molecule has 2 aliphatic rings. The molecule has 0 radical (unpaired) electrons. The number of nitrogens with one attached hydrogen (secondary N) is 3. The van der Waals surface area contributed by atoms with Crippen LogP contribution < -0.4 is 15.5 Å². The molecule has 43 heavy (non-hydrogen) atoms. The van der Waals surface area contributed by atoms with Crippen molar-refractivity contribution in [2.45, 2.75) is 25.4 Å². The van der Waals surface area contributed by atoms with Gasteiger partial charge in [0, 0.05) is 72.6 Å². The number of amides is 2. The molecule has 1 unspecified atom stereocenters. The minimum Gasteiger partial charge on any atom is -0.354 e. The predicted octanol–water partition coefficient (Wildman–Crippen LogP) is 3.11. The van der Waals surface area contributed by atoms with Crippen LogP contribution >= 0.6 is 0 Å². The summed E-state index contributed by atoms with van der Waals surface area (Å²) < 4.78 is 11.8. The van der Waals surface area contributed by atoms with Crippen molar-refractivity contribution in [2.24, 2.45) is 0 Å². The Hall–Kier alpha value is -4.42. The summed E-state index contributed by atoms with van der Waals surface area (Å²) >= 11 is 0. The Kier molecular flexibility index (Phi) is 8.04. The molecule has 3 N–H and O–H groups in total. The minimum atomic E-state index is -0.762. The number of rotatable bonds is 8. The van der Waals surface area contributed by atoms with E-state index in [0.29, 0.717) is 49.1 Å². The maximum Gasteiger partial charge on any atom is 0.274 e. The molecule has 3 aromatic heterocycles. The van der Waals surface area contributed by atoms with Crippen LogP contribution in [0.15, 0.2) is 67.6 Å². The smallest absolute Gasteiger partial charge is 0.274 e. The molecule has 12 heteroatoms. The predicted molar refractivity (Wildman–Crippen MR) is 168 cm³/mol. The molecule has 2 fully saturated rings. The Labute approximate surface area is 252 Å². The summed E-state index contributed by atoms with van der Waals surface area (Å²) in [5, 5.41) is 6.89. The Morgan fingerprint density at radius 3 is 2.65 bits per heavy atom. The number of aromatic amines is 1. The summed E-state index contributed by atoms with van der Waals surface area (Å²) in [6, 6.07) is 13.4. The number of fused-ring (bicyclic) bond motifs is 1. The van der Waals surface area contributed by atoms with E-state index < -0.39 is 10.8 Å². The number of nitrogens with zero attached hydrogens (tertiary/aromatic N) is 5. The molecule has 0 bridgehead atoms. The van der Waals surface area contributed by atoms with Gasteiger partial charge in [0.25, 0.3) is 5.91 Å². The summed E-state index contributed by atoms with van der Waals surface area (Å²) in [4.78, 5) is 45.9. The zero-order valence-corrected chi connectivity index (χ0v) is 24.8. The SMILES string of the molecule is C=CC(=O)NC1(C)CCN(Cc2ccnc(C(=O)Nc3ccc(-c4cc5c(N6CCS(=O)CC6)ncnc5[nH]4)cc3)c2)C1. The van der Waals surface area contributed by atoms with Crippen molar-refractivity contribution < 1.29 is 13.8 Å². The molecule has 0 aliphatic carbocycles. The number of hydrogen-bond donors (Lipinski definition) is 3. The molecular weight excluding hydrogens is 564 g/mol. The highest BCUT2D eigenvalue weighted by Gasteiger charge is 2.34. The van der Waals surface area contributed by atoms with E-state index in [0.717, 1.165) is 46.6 Å². The average Bonchev–Trinajstić information content (AvgIpc) is 3.61. The lowest BCUT2D eigenvalue weighted by Crippen LogP contribution is -2.47. The van der Waals surface area contributed by atoms with Gasteiger partial charge in [-0.3, -0.25) is 23.7 Å². The molecule has 4 aromatic rings. The topological polar surface area (TPSA) is 136 Å². The molecule has 2 saturated heterocycles. The number of hydrogen-bond acceptors (Lipinski definition) is 8. The monoisotopic (exact) mass is 598 g/mol. The lowest BCUT2D eigenvalue weighted by Gasteiger charge is -2.27. The van der Waals surface area contributed by atoms with Gasteiger partial charge >= 0.3 is 0 Å². The van der Waals surface area contributed by atoms with Gasteiger partial charge < -0.3 is 20.5 Å². The second-order valence-corrected chi connectivity index (χ2v) is 13.0. The van der Waals surface area contributed by atoms with Crippen LogP contribution in [0.1, 0.15) is 29.4 Å². The normalized spacial score (nSPS) is 19.4. The van der Waals surface area contributed by atoms with E-state index in [1.807, 2.05) is 49.4 Å². The second kappa shape index (κ2) is 12.1. The van der Waals surface area contributed by atoms with Gasteiger partial charge in [0.05, 0.1) is 10.9 Å². The number of carbonyl (C=O) groups excluding carboxylic acids is 2. The van der Waals surface area contributed by atoms with Gasteiger partial charge in [-0.2, -0.15) is 0 Å². The molecule has 222 valence electrons. The first-order chi connectivity index (χ1) is 20.8. The molecule has 6 rings (SSSR count). The molecular formula is C31H34N8O3S. The Bertz CT molecular complexity index is 1690. The average molecular weight is 599 g/mol. The Balaban J connectivity index is 1.10. The van der Waals surface area contributed by atoms with Crippen LogP contribution in [0.4, 0.5) is 11.5 Å². The summed E-state index contributed by atoms with van der Waals surface area (Å²) in [7, 11) is -0.762. The highest BCUT2D eigenvalue weighted by atomic mass is 32.2. The molecule has 11 nitrogen and oxygen atoms in total. The first kappa shape index (κ1) is 28.7. The van der Waals surface area contributed by atoms with Crippen LogP contribution in [-0.2, 0) is 22.1 Å². The van der Waals surface area contributed by atoms with Crippen LogP contribution in [0.25, 0.3) is 22.3 Å². The van der Waals surface area contributed by atoms with Crippen LogP contribution in [0, 0.1) is 0 Å². The van der Waals surface area contributed by atoms with Crippen molar-refractivity contribution in [1.29, 1.82) is 0 Å². The fourth-order valence-electron chi connectivity index (χ4n) is 5.71. The van der Waals surface area contributed by atoms with Crippen molar-refractivity contribution in [3.63, 3.8) is 0 Å². The first-order valence-electron chi connectivity index (χ1n) is 14.3. The van der Waals surface area contributed by atoms with E-state index >= 15 is 0 Å². The van der Waals surface area contributed by atoms with Crippen molar-refractivity contribution in [3.05, 3.63) is 78.9 Å². The van der Waals surface area contributed by atoms with Gasteiger partial charge in [0.15, 0.2) is 0 Å². The van der Waals surface area contributed by atoms with E-state index in [9.17, 15) is 13.8 Å². The maximum absolute atomic E-state index is 13.1. The van der Waals surface area contributed by atoms with Gasteiger partial charge in [-0.05, 0) is 60.9 Å². The lowest BCUT2D eigenvalue weighted by atomic mass is 10.0. The standard InChI is InChI=1S/C31H34N8O3S/c1-3-27(40)37-31(2)9-11-38(19-31)18-21-8-10-32-26(16-21)30(41)35-23-6-4-22(5-7-23)25-17-24-28(36-25)33-20-34-29(24)39-12-14-43(42)15-13-39/h3-8,10,16-17,20H,1,9,11-15,18-19H2,2H3,(H,35,41)(H,37,40)(H,33,34,36). The number of aromatic nitrogens is 4. The van der Waals surface area contributed by atoms with E-state index in [4.69, 9.17) is 0 Å². The molecule has 2 aliphatic heterocycles. The van der Waals surface area contributed by atoms with Crippen molar-refractivity contribution in [3.8, 4) is 11.3 Å². The highest BCUT2D eigenvalue weighted by molar-refractivity contribution is 7.85. The third kappa shape index (κ3) is 6.50. The van der Waals surface area contributed by atoms with Crippen molar-refractivity contribution in [2.75, 3.05) is 47.9 Å². The highest BCUT2D eigenvalue weighted by Crippen LogP contribution is 2.30. The van der Waals surface area contributed by atoms with Crippen LogP contribution in [0.2, 0.25) is 0 Å². The van der Waals surface area contributed by atoms with Gasteiger partial charge in [-0.15, -0.1) is 0 Å². The fourth-order valence-corrected chi connectivity index (χ4v) is 6.76. The molecule has 1 aromatic carbocycles. The number of carbonyl (C=O) groups is 2. The number of H-pyrrole nitrogens is 1. The third-order valence-corrected chi connectivity index (χ3v) is 9.24. The lowest BCUT2D eigenvalue weighted by molar-refractivity contribution is -0.118. The summed E-state index contributed by atoms with van der Waals surface area (Å²) in [5.74, 6) is 1.68. The molecule has 0 saturated carbocycles. The molecule has 1 atom stereocenters. The van der Waals surface area contributed by atoms with Gasteiger partial charge in [0.2, 0.25) is 5.91 Å².